The third-order valence-electron chi connectivity index (χ3n) is 3.03. The molecule has 0 aliphatic rings. The van der Waals surface area contributed by atoms with E-state index in [1.807, 2.05) is 24.5 Å². The van der Waals surface area contributed by atoms with Crippen molar-refractivity contribution in [3.8, 4) is 0 Å². The van der Waals surface area contributed by atoms with E-state index in [1.54, 1.807) is 0 Å². The van der Waals surface area contributed by atoms with Gasteiger partial charge in [0.1, 0.15) is 0 Å². The van der Waals surface area contributed by atoms with E-state index in [4.69, 9.17) is 5.73 Å². The van der Waals surface area contributed by atoms with Gasteiger partial charge in [-0.3, -0.25) is 4.98 Å². The summed E-state index contributed by atoms with van der Waals surface area (Å²) in [7, 11) is 0. The molecule has 0 aliphatic heterocycles. The van der Waals surface area contributed by atoms with Gasteiger partial charge in [-0.2, -0.15) is 0 Å². The van der Waals surface area contributed by atoms with Crippen LogP contribution in [0.25, 0.3) is 0 Å². The highest BCUT2D eigenvalue weighted by molar-refractivity contribution is 5.33. The summed E-state index contributed by atoms with van der Waals surface area (Å²) in [5.41, 5.74) is 11.3. The van der Waals surface area contributed by atoms with Crippen LogP contribution in [0.5, 0.6) is 0 Å². The number of nitrogens with zero attached hydrogens (tertiary/aromatic N) is 1. The van der Waals surface area contributed by atoms with Gasteiger partial charge >= 0.3 is 0 Å². The number of nitrogens with two attached hydrogens (primary N) is 1. The maximum Gasteiger partial charge on any atom is 0.0338 e. The first kappa shape index (κ1) is 11.8. The average molecular weight is 226 g/mol. The maximum atomic E-state index is 6.26. The molecule has 2 heteroatoms. The molecule has 1 atom stereocenters. The van der Waals surface area contributed by atoms with Crippen LogP contribution in [0.15, 0.2) is 42.7 Å². The Kier molecular flexibility index (Phi) is 3.55. The molecule has 2 aromatic rings. The Morgan fingerprint density at radius 3 is 2.47 bits per heavy atom. The van der Waals surface area contributed by atoms with Crippen molar-refractivity contribution in [3.05, 3.63) is 65.0 Å². The Morgan fingerprint density at radius 2 is 1.82 bits per heavy atom. The zero-order valence-electron chi connectivity index (χ0n) is 10.4. The highest BCUT2D eigenvalue weighted by Crippen LogP contribution is 2.20. The monoisotopic (exact) mass is 226 g/mol. The average Bonchev–Trinajstić information content (AvgIpc) is 2.30. The fourth-order valence-electron chi connectivity index (χ4n) is 2.12. The summed E-state index contributed by atoms with van der Waals surface area (Å²) in [5, 5.41) is 0. The lowest BCUT2D eigenvalue weighted by Crippen LogP contribution is -2.14. The molecule has 1 aromatic heterocycles. The fourth-order valence-corrected chi connectivity index (χ4v) is 2.12. The molecule has 0 aliphatic carbocycles. The lowest BCUT2D eigenvalue weighted by molar-refractivity contribution is 0.715. The molecular formula is C15H18N2. The normalized spacial score (nSPS) is 12.4. The molecule has 2 nitrogen and oxygen atoms in total. The van der Waals surface area contributed by atoms with Crippen molar-refractivity contribution in [1.29, 1.82) is 0 Å². The highest BCUT2D eigenvalue weighted by Gasteiger charge is 2.09. The predicted octanol–water partition coefficient (Wildman–Crippen LogP) is 2.94. The SMILES string of the molecule is Cc1ccc(C(N)Cc2ccncc2)c(C)c1. The smallest absolute Gasteiger partial charge is 0.0338 e. The van der Waals surface area contributed by atoms with Gasteiger partial charge in [0.05, 0.1) is 0 Å². The van der Waals surface area contributed by atoms with Gasteiger partial charge in [0.25, 0.3) is 0 Å². The molecule has 0 radical (unpaired) electrons. The number of pyridine rings is 1. The first-order valence-electron chi connectivity index (χ1n) is 5.88. The van der Waals surface area contributed by atoms with Crippen LogP contribution in [-0.2, 0) is 6.42 Å². The molecule has 0 spiro atoms. The summed E-state index contributed by atoms with van der Waals surface area (Å²) in [6, 6.07) is 10.5. The lowest BCUT2D eigenvalue weighted by atomic mass is 9.95. The zero-order chi connectivity index (χ0) is 12.3. The van der Waals surface area contributed by atoms with Gasteiger partial charge < -0.3 is 5.73 Å². The van der Waals surface area contributed by atoms with E-state index in [1.165, 1.54) is 22.3 Å². The highest BCUT2D eigenvalue weighted by atomic mass is 14.6. The Bertz CT molecular complexity index is 492. The van der Waals surface area contributed by atoms with Crippen molar-refractivity contribution in [3.63, 3.8) is 0 Å². The van der Waals surface area contributed by atoms with E-state index in [-0.39, 0.29) is 6.04 Å². The molecule has 1 heterocycles. The van der Waals surface area contributed by atoms with Crippen LogP contribution < -0.4 is 5.73 Å². The summed E-state index contributed by atoms with van der Waals surface area (Å²) in [4.78, 5) is 4.01. The van der Waals surface area contributed by atoms with Gasteiger partial charge in [0.15, 0.2) is 0 Å². The second-order valence-corrected chi connectivity index (χ2v) is 4.53. The van der Waals surface area contributed by atoms with Crippen molar-refractivity contribution < 1.29 is 0 Å². The molecule has 2 rings (SSSR count). The van der Waals surface area contributed by atoms with Crippen LogP contribution in [0, 0.1) is 13.8 Å². The number of aryl methyl sites for hydroxylation is 2. The summed E-state index contributed by atoms with van der Waals surface area (Å²) in [6.45, 7) is 4.22. The van der Waals surface area contributed by atoms with Crippen molar-refractivity contribution >= 4 is 0 Å². The van der Waals surface area contributed by atoms with Crippen molar-refractivity contribution in [2.75, 3.05) is 0 Å². The Labute approximate surface area is 103 Å². The second-order valence-electron chi connectivity index (χ2n) is 4.53. The molecule has 1 aromatic carbocycles. The molecule has 0 amide bonds. The van der Waals surface area contributed by atoms with Crippen LogP contribution in [0.4, 0.5) is 0 Å². The number of aromatic nitrogens is 1. The van der Waals surface area contributed by atoms with E-state index in [2.05, 4.69) is 37.0 Å². The van der Waals surface area contributed by atoms with Crippen LogP contribution in [0.1, 0.15) is 28.3 Å². The van der Waals surface area contributed by atoms with Crippen molar-refractivity contribution in [2.45, 2.75) is 26.3 Å². The lowest BCUT2D eigenvalue weighted by Gasteiger charge is -2.15. The van der Waals surface area contributed by atoms with Gasteiger partial charge in [-0.05, 0) is 49.1 Å². The summed E-state index contributed by atoms with van der Waals surface area (Å²) >= 11 is 0. The standard InChI is InChI=1S/C15H18N2/c1-11-3-4-14(12(2)9-11)15(16)10-13-5-7-17-8-6-13/h3-9,15H,10,16H2,1-2H3. The van der Waals surface area contributed by atoms with Gasteiger partial charge in [-0.15, -0.1) is 0 Å². The Hall–Kier alpha value is -1.67. The van der Waals surface area contributed by atoms with Crippen molar-refractivity contribution in [2.24, 2.45) is 5.73 Å². The molecule has 0 bridgehead atoms. The largest absolute Gasteiger partial charge is 0.324 e. The third-order valence-corrected chi connectivity index (χ3v) is 3.03. The van der Waals surface area contributed by atoms with Gasteiger partial charge in [-0.25, -0.2) is 0 Å². The van der Waals surface area contributed by atoms with Gasteiger partial charge in [-0.1, -0.05) is 23.8 Å². The molecule has 2 N–H and O–H groups in total. The van der Waals surface area contributed by atoms with E-state index < -0.39 is 0 Å². The number of rotatable bonds is 3. The van der Waals surface area contributed by atoms with E-state index in [0.717, 1.165) is 6.42 Å². The Morgan fingerprint density at radius 1 is 1.12 bits per heavy atom. The zero-order valence-corrected chi connectivity index (χ0v) is 10.4. The predicted molar refractivity (Wildman–Crippen MR) is 70.8 cm³/mol. The van der Waals surface area contributed by atoms with Gasteiger partial charge in [0.2, 0.25) is 0 Å². The number of hydrogen-bond acceptors (Lipinski definition) is 2. The molecular weight excluding hydrogens is 208 g/mol. The van der Waals surface area contributed by atoms with E-state index >= 15 is 0 Å². The first-order chi connectivity index (χ1) is 8.16. The molecule has 0 saturated heterocycles. The maximum absolute atomic E-state index is 6.26. The summed E-state index contributed by atoms with van der Waals surface area (Å²) in [5.74, 6) is 0. The summed E-state index contributed by atoms with van der Waals surface area (Å²) < 4.78 is 0. The van der Waals surface area contributed by atoms with Crippen LogP contribution >= 0.6 is 0 Å². The van der Waals surface area contributed by atoms with Crippen LogP contribution in [0.3, 0.4) is 0 Å². The molecule has 0 fully saturated rings. The minimum absolute atomic E-state index is 0.0537. The number of benzene rings is 1. The second kappa shape index (κ2) is 5.11. The molecule has 1 unspecified atom stereocenters. The minimum Gasteiger partial charge on any atom is -0.324 e. The van der Waals surface area contributed by atoms with Gasteiger partial charge in [0, 0.05) is 18.4 Å². The third kappa shape index (κ3) is 2.92. The molecule has 0 saturated carbocycles. The van der Waals surface area contributed by atoms with Crippen molar-refractivity contribution in [1.82, 2.24) is 4.98 Å². The van der Waals surface area contributed by atoms with Crippen LogP contribution in [0.2, 0.25) is 0 Å². The quantitative estimate of drug-likeness (QED) is 0.874. The minimum atomic E-state index is 0.0537. The molecule has 88 valence electrons. The summed E-state index contributed by atoms with van der Waals surface area (Å²) in [6.07, 6.45) is 4.47. The topological polar surface area (TPSA) is 38.9 Å². The molecule has 17 heavy (non-hydrogen) atoms. The van der Waals surface area contributed by atoms with E-state index in [0.29, 0.717) is 0 Å². The van der Waals surface area contributed by atoms with E-state index in [9.17, 15) is 0 Å². The Balaban J connectivity index is 2.17. The van der Waals surface area contributed by atoms with Crippen LogP contribution in [-0.4, -0.2) is 4.98 Å². The number of hydrogen-bond donors (Lipinski definition) is 1. The fraction of sp³-hybridized carbons (Fsp3) is 0.267. The first-order valence-corrected chi connectivity index (χ1v) is 5.88.